The second-order valence-corrected chi connectivity index (χ2v) is 9.84. The predicted molar refractivity (Wildman–Crippen MR) is 132 cm³/mol. The van der Waals surface area contributed by atoms with E-state index < -0.39 is 5.60 Å². The molecule has 4 aromatic rings. The summed E-state index contributed by atoms with van der Waals surface area (Å²) in [5, 5.41) is 21.6. The topological polar surface area (TPSA) is 122 Å². The second-order valence-electron chi connectivity index (χ2n) is 9.84. The number of H-pyrrole nitrogens is 1. The molecule has 35 heavy (non-hydrogen) atoms. The van der Waals surface area contributed by atoms with Gasteiger partial charge in [-0.2, -0.15) is 5.10 Å². The largest absolute Gasteiger partial charge is 0.490 e. The normalized spacial score (nSPS) is 18.6. The van der Waals surface area contributed by atoms with Crippen LogP contribution in [0.3, 0.4) is 0 Å². The quantitative estimate of drug-likeness (QED) is 0.394. The SMILES string of the molecule is CC(C)(O)COc1ccn2c(C(=O)NC3CCC(c4n[nH]c(=O)c5ccccc45)CC3)cnc2c1. The first kappa shape index (κ1) is 23.0. The number of aliphatic hydroxyl groups is 1. The number of ether oxygens (including phenoxy) is 1. The van der Waals surface area contributed by atoms with Gasteiger partial charge in [-0.15, -0.1) is 0 Å². The summed E-state index contributed by atoms with van der Waals surface area (Å²) >= 11 is 0. The van der Waals surface area contributed by atoms with Gasteiger partial charge in [0.25, 0.3) is 11.5 Å². The van der Waals surface area contributed by atoms with Crippen LogP contribution in [0.1, 0.15) is 61.6 Å². The first-order chi connectivity index (χ1) is 16.8. The Balaban J connectivity index is 1.23. The fourth-order valence-electron chi connectivity index (χ4n) is 4.70. The third-order valence-electron chi connectivity index (χ3n) is 6.48. The maximum Gasteiger partial charge on any atom is 0.272 e. The number of nitrogens with one attached hydrogen (secondary N) is 2. The first-order valence-corrected chi connectivity index (χ1v) is 11.9. The summed E-state index contributed by atoms with van der Waals surface area (Å²) < 4.78 is 7.35. The monoisotopic (exact) mass is 475 g/mol. The summed E-state index contributed by atoms with van der Waals surface area (Å²) in [5.41, 5.74) is 0.878. The molecular weight excluding hydrogens is 446 g/mol. The zero-order chi connectivity index (χ0) is 24.6. The van der Waals surface area contributed by atoms with Crippen LogP contribution in [0.4, 0.5) is 0 Å². The smallest absolute Gasteiger partial charge is 0.272 e. The van der Waals surface area contributed by atoms with Crippen molar-refractivity contribution >= 4 is 22.3 Å². The Bertz CT molecular complexity index is 1430. The molecule has 3 heterocycles. The minimum Gasteiger partial charge on any atom is -0.490 e. The van der Waals surface area contributed by atoms with Gasteiger partial charge in [0.2, 0.25) is 0 Å². The predicted octanol–water partition coefficient (Wildman–Crippen LogP) is 3.18. The molecule has 9 heteroatoms. The minimum absolute atomic E-state index is 0.0627. The number of pyridine rings is 1. The van der Waals surface area contributed by atoms with Gasteiger partial charge in [0.05, 0.1) is 22.9 Å². The van der Waals surface area contributed by atoms with Gasteiger partial charge in [0.15, 0.2) is 0 Å². The van der Waals surface area contributed by atoms with Gasteiger partial charge in [-0.3, -0.25) is 14.0 Å². The third-order valence-corrected chi connectivity index (χ3v) is 6.48. The number of nitrogens with zero attached hydrogens (tertiary/aromatic N) is 3. The van der Waals surface area contributed by atoms with Gasteiger partial charge in [-0.05, 0) is 51.7 Å². The van der Waals surface area contributed by atoms with Gasteiger partial charge in [-0.25, -0.2) is 10.1 Å². The molecule has 0 atom stereocenters. The Kier molecular flexibility index (Phi) is 6.02. The number of fused-ring (bicyclic) bond motifs is 2. The maximum atomic E-state index is 13.0. The number of hydrogen-bond donors (Lipinski definition) is 3. The Morgan fingerprint density at radius 2 is 1.94 bits per heavy atom. The fourth-order valence-corrected chi connectivity index (χ4v) is 4.70. The second kappa shape index (κ2) is 9.14. The van der Waals surface area contributed by atoms with Crippen LogP contribution in [0, 0.1) is 0 Å². The zero-order valence-corrected chi connectivity index (χ0v) is 19.8. The van der Waals surface area contributed by atoms with E-state index in [2.05, 4.69) is 20.5 Å². The van der Waals surface area contributed by atoms with Crippen molar-refractivity contribution in [3.8, 4) is 5.75 Å². The van der Waals surface area contributed by atoms with E-state index in [0.717, 1.165) is 36.8 Å². The van der Waals surface area contributed by atoms with E-state index in [1.807, 2.05) is 24.3 Å². The highest BCUT2D eigenvalue weighted by atomic mass is 16.5. The lowest BCUT2D eigenvalue weighted by Gasteiger charge is -2.29. The van der Waals surface area contributed by atoms with Crippen molar-refractivity contribution in [2.75, 3.05) is 6.61 Å². The molecule has 0 bridgehead atoms. The molecule has 9 nitrogen and oxygen atoms in total. The molecule has 1 aliphatic rings. The molecule has 0 aliphatic heterocycles. The number of hydrogen-bond acceptors (Lipinski definition) is 6. The molecule has 3 N–H and O–H groups in total. The van der Waals surface area contributed by atoms with E-state index >= 15 is 0 Å². The molecule has 5 rings (SSSR count). The molecule has 1 saturated carbocycles. The molecule has 0 spiro atoms. The summed E-state index contributed by atoms with van der Waals surface area (Å²) in [5.74, 6) is 0.653. The molecule has 0 radical (unpaired) electrons. The van der Waals surface area contributed by atoms with Gasteiger partial charge in [0.1, 0.15) is 23.7 Å². The average molecular weight is 476 g/mol. The Labute approximate surface area is 202 Å². The lowest BCUT2D eigenvalue weighted by Crippen LogP contribution is -2.38. The summed E-state index contributed by atoms with van der Waals surface area (Å²) in [7, 11) is 0. The van der Waals surface area contributed by atoms with E-state index in [9.17, 15) is 14.7 Å². The summed E-state index contributed by atoms with van der Waals surface area (Å²) in [6.07, 6.45) is 6.73. The lowest BCUT2D eigenvalue weighted by atomic mass is 9.82. The van der Waals surface area contributed by atoms with E-state index in [1.54, 1.807) is 42.8 Å². The number of carbonyl (C=O) groups is 1. The van der Waals surface area contributed by atoms with Crippen LogP contribution >= 0.6 is 0 Å². The molecule has 3 aromatic heterocycles. The molecule has 1 fully saturated rings. The molecule has 1 aromatic carbocycles. The molecule has 0 unspecified atom stereocenters. The van der Waals surface area contributed by atoms with Gasteiger partial charge < -0.3 is 15.2 Å². The van der Waals surface area contributed by atoms with Crippen LogP contribution in [0.2, 0.25) is 0 Å². The molecule has 1 amide bonds. The number of aromatic nitrogens is 4. The van der Waals surface area contributed by atoms with Crippen LogP contribution in [-0.2, 0) is 0 Å². The van der Waals surface area contributed by atoms with Gasteiger partial charge in [0, 0.05) is 29.6 Å². The average Bonchev–Trinajstić information content (AvgIpc) is 3.27. The van der Waals surface area contributed by atoms with Crippen molar-refractivity contribution < 1.29 is 14.6 Å². The fraction of sp³-hybridized carbons (Fsp3) is 0.385. The number of aromatic amines is 1. The summed E-state index contributed by atoms with van der Waals surface area (Å²) in [6.45, 7) is 3.51. The van der Waals surface area contributed by atoms with E-state index in [4.69, 9.17) is 4.74 Å². The Hall–Kier alpha value is -3.72. The van der Waals surface area contributed by atoms with Crippen molar-refractivity contribution in [2.45, 2.75) is 57.1 Å². The van der Waals surface area contributed by atoms with Crippen LogP contribution in [0.5, 0.6) is 5.75 Å². The van der Waals surface area contributed by atoms with Crippen LogP contribution in [-0.4, -0.2) is 48.8 Å². The number of benzene rings is 1. The van der Waals surface area contributed by atoms with Crippen molar-refractivity contribution in [3.05, 3.63) is 70.5 Å². The minimum atomic E-state index is -0.938. The van der Waals surface area contributed by atoms with Gasteiger partial charge >= 0.3 is 0 Å². The van der Waals surface area contributed by atoms with E-state index in [0.29, 0.717) is 22.5 Å². The number of imidazole rings is 1. The highest BCUT2D eigenvalue weighted by Gasteiger charge is 2.27. The van der Waals surface area contributed by atoms with Crippen molar-refractivity contribution in [1.29, 1.82) is 0 Å². The van der Waals surface area contributed by atoms with Crippen LogP contribution in [0.15, 0.2) is 53.6 Å². The molecular formula is C26H29N5O4. The van der Waals surface area contributed by atoms with Crippen molar-refractivity contribution in [2.24, 2.45) is 0 Å². The van der Waals surface area contributed by atoms with Crippen molar-refractivity contribution in [3.63, 3.8) is 0 Å². The van der Waals surface area contributed by atoms with E-state index in [-0.39, 0.29) is 30.0 Å². The van der Waals surface area contributed by atoms with Crippen LogP contribution < -0.4 is 15.6 Å². The number of rotatable bonds is 6. The summed E-state index contributed by atoms with van der Waals surface area (Å²) in [6, 6.07) is 11.1. The number of amides is 1. The lowest BCUT2D eigenvalue weighted by molar-refractivity contribution is 0.0285. The third kappa shape index (κ3) is 4.90. The Morgan fingerprint density at radius 3 is 2.69 bits per heavy atom. The van der Waals surface area contributed by atoms with E-state index in [1.165, 1.54) is 0 Å². The summed E-state index contributed by atoms with van der Waals surface area (Å²) in [4.78, 5) is 29.4. The maximum absolute atomic E-state index is 13.0. The highest BCUT2D eigenvalue weighted by Crippen LogP contribution is 2.34. The van der Waals surface area contributed by atoms with Crippen LogP contribution in [0.25, 0.3) is 16.4 Å². The highest BCUT2D eigenvalue weighted by molar-refractivity contribution is 5.93. The standard InChI is InChI=1S/C26H29N5O4/c1-26(2,34)15-35-18-11-12-31-21(14-27-22(31)13-18)25(33)28-17-9-7-16(8-10-17)23-19-5-3-4-6-20(19)24(32)30-29-23/h3-6,11-14,16-17,34H,7-10,15H2,1-2H3,(H,28,33)(H,30,32). The van der Waals surface area contributed by atoms with Crippen molar-refractivity contribution in [1.82, 2.24) is 24.9 Å². The first-order valence-electron chi connectivity index (χ1n) is 11.9. The molecule has 0 saturated heterocycles. The number of carbonyl (C=O) groups excluding carboxylic acids is 1. The van der Waals surface area contributed by atoms with Gasteiger partial charge in [-0.1, -0.05) is 18.2 Å². The molecule has 1 aliphatic carbocycles. The zero-order valence-electron chi connectivity index (χ0n) is 19.8. The Morgan fingerprint density at radius 1 is 1.20 bits per heavy atom. The molecule has 182 valence electrons.